The van der Waals surface area contributed by atoms with E-state index in [0.717, 1.165) is 68.9 Å². The van der Waals surface area contributed by atoms with Crippen LogP contribution in [0.25, 0.3) is 5.69 Å². The summed E-state index contributed by atoms with van der Waals surface area (Å²) in [7, 11) is 0. The molecule has 4 aliphatic heterocycles. The highest BCUT2D eigenvalue weighted by Crippen LogP contribution is 2.32. The molecule has 11 nitrogen and oxygen atoms in total. The highest BCUT2D eigenvalue weighted by Gasteiger charge is 2.39. The van der Waals surface area contributed by atoms with Gasteiger partial charge in [0.1, 0.15) is 17.9 Å². The topological polar surface area (TPSA) is 130 Å². The first-order valence-corrected chi connectivity index (χ1v) is 15.3. The molecule has 1 N–H and O–H groups in total. The van der Waals surface area contributed by atoms with Crippen LogP contribution in [0.3, 0.4) is 0 Å². The summed E-state index contributed by atoms with van der Waals surface area (Å²) in [5.74, 6) is 0.205. The van der Waals surface area contributed by atoms with Gasteiger partial charge in [0, 0.05) is 63.1 Å². The molecular formula is C33H34N6O5. The quantitative estimate of drug-likeness (QED) is 0.414. The van der Waals surface area contributed by atoms with E-state index in [4.69, 9.17) is 9.47 Å². The fourth-order valence-electron chi connectivity index (χ4n) is 6.79. The van der Waals surface area contributed by atoms with Gasteiger partial charge in [-0.15, -0.1) is 0 Å². The highest BCUT2D eigenvalue weighted by molar-refractivity contribution is 6.05. The third kappa shape index (κ3) is 5.70. The lowest BCUT2D eigenvalue weighted by molar-refractivity contribution is -0.136. The van der Waals surface area contributed by atoms with Gasteiger partial charge in [-0.2, -0.15) is 10.4 Å². The van der Waals surface area contributed by atoms with Crippen LogP contribution in [-0.4, -0.2) is 75.8 Å². The van der Waals surface area contributed by atoms with Crippen molar-refractivity contribution in [1.82, 2.24) is 24.9 Å². The second-order valence-corrected chi connectivity index (χ2v) is 12.1. The predicted molar refractivity (Wildman–Crippen MR) is 158 cm³/mol. The summed E-state index contributed by atoms with van der Waals surface area (Å²) in [5.41, 5.74) is 5.20. The molecule has 0 bridgehead atoms. The molecule has 0 spiro atoms. The van der Waals surface area contributed by atoms with Crippen LogP contribution in [0.15, 0.2) is 48.8 Å². The largest absolute Gasteiger partial charge is 0.489 e. The summed E-state index contributed by atoms with van der Waals surface area (Å²) in [6, 6.07) is 13.2. The van der Waals surface area contributed by atoms with Gasteiger partial charge >= 0.3 is 0 Å². The van der Waals surface area contributed by atoms with Crippen molar-refractivity contribution >= 4 is 17.7 Å². The number of nitrogens with one attached hydrogen (secondary N) is 1. The molecule has 1 unspecified atom stereocenters. The van der Waals surface area contributed by atoms with E-state index in [0.29, 0.717) is 35.8 Å². The van der Waals surface area contributed by atoms with E-state index in [9.17, 15) is 19.6 Å². The van der Waals surface area contributed by atoms with E-state index in [1.165, 1.54) is 5.56 Å². The van der Waals surface area contributed by atoms with Crippen LogP contribution in [0.4, 0.5) is 0 Å². The number of piperidine rings is 1. The van der Waals surface area contributed by atoms with Crippen molar-refractivity contribution < 1.29 is 23.9 Å². The molecule has 4 aliphatic rings. The average molecular weight is 595 g/mol. The Morgan fingerprint density at radius 2 is 1.93 bits per heavy atom. The number of likely N-dealkylation sites (tertiary alicyclic amines) is 1. The number of ether oxygens (including phenoxy) is 2. The number of carbonyl (C=O) groups excluding carboxylic acids is 3. The zero-order chi connectivity index (χ0) is 30.2. The summed E-state index contributed by atoms with van der Waals surface area (Å²) in [4.78, 5) is 40.8. The van der Waals surface area contributed by atoms with Crippen LogP contribution in [-0.2, 0) is 27.4 Å². The Labute approximate surface area is 255 Å². The summed E-state index contributed by atoms with van der Waals surface area (Å²) >= 11 is 0. The van der Waals surface area contributed by atoms with Gasteiger partial charge in [-0.1, -0.05) is 0 Å². The smallest absolute Gasteiger partial charge is 0.255 e. The molecule has 3 fully saturated rings. The number of aromatic nitrogens is 2. The number of rotatable bonds is 7. The third-order valence-corrected chi connectivity index (χ3v) is 9.10. The van der Waals surface area contributed by atoms with Crippen molar-refractivity contribution in [2.45, 2.75) is 63.3 Å². The molecule has 3 aromatic rings. The third-order valence-electron chi connectivity index (χ3n) is 9.10. The SMILES string of the molecule is N#Cc1cc(C2CCOCC2)cc(-n2cc(CN3CC[C@H](Oc4ccc5c(c4)CN(C4CCC(=O)NC4=O)C5=O)C3)cn2)c1. The molecule has 5 heterocycles. The Kier molecular flexibility index (Phi) is 7.62. The monoisotopic (exact) mass is 594 g/mol. The van der Waals surface area contributed by atoms with Crippen LogP contribution in [0.1, 0.15) is 70.6 Å². The van der Waals surface area contributed by atoms with Crippen LogP contribution < -0.4 is 10.1 Å². The minimum absolute atomic E-state index is 0.0146. The van der Waals surface area contributed by atoms with Crippen LogP contribution in [0, 0.1) is 11.3 Å². The van der Waals surface area contributed by atoms with Crippen molar-refractivity contribution in [1.29, 1.82) is 5.26 Å². The zero-order valence-corrected chi connectivity index (χ0v) is 24.4. The summed E-state index contributed by atoms with van der Waals surface area (Å²) in [5, 5.41) is 16.6. The van der Waals surface area contributed by atoms with Gasteiger partial charge in [-0.3, -0.25) is 24.6 Å². The zero-order valence-electron chi connectivity index (χ0n) is 24.4. The summed E-state index contributed by atoms with van der Waals surface area (Å²) < 4.78 is 13.7. The first kappa shape index (κ1) is 28.3. The number of benzene rings is 2. The number of hydrogen-bond acceptors (Lipinski definition) is 8. The van der Waals surface area contributed by atoms with Gasteiger partial charge in [-0.25, -0.2) is 4.68 Å². The number of nitriles is 1. The predicted octanol–water partition coefficient (Wildman–Crippen LogP) is 3.05. The Hall–Kier alpha value is -4.53. The summed E-state index contributed by atoms with van der Waals surface area (Å²) in [6.07, 6.45) is 7.30. The van der Waals surface area contributed by atoms with Gasteiger partial charge in [0.2, 0.25) is 11.8 Å². The van der Waals surface area contributed by atoms with E-state index in [1.807, 2.05) is 41.3 Å². The lowest BCUT2D eigenvalue weighted by atomic mass is 9.90. The second kappa shape index (κ2) is 11.9. The van der Waals surface area contributed by atoms with E-state index in [-0.39, 0.29) is 24.3 Å². The molecule has 0 aliphatic carbocycles. The molecule has 0 saturated carbocycles. The molecule has 3 amide bonds. The molecule has 1 aromatic heterocycles. The number of amides is 3. The normalized spacial score (nSPS) is 22.6. The number of nitrogens with zero attached hydrogens (tertiary/aromatic N) is 5. The van der Waals surface area contributed by atoms with Gasteiger partial charge in [0.15, 0.2) is 0 Å². The van der Waals surface area contributed by atoms with Crippen molar-refractivity contribution in [3.63, 3.8) is 0 Å². The molecule has 226 valence electrons. The van der Waals surface area contributed by atoms with E-state index in [1.54, 1.807) is 11.0 Å². The number of imide groups is 1. The molecule has 44 heavy (non-hydrogen) atoms. The minimum Gasteiger partial charge on any atom is -0.489 e. The van der Waals surface area contributed by atoms with Gasteiger partial charge in [-0.05, 0) is 79.1 Å². The number of carbonyl (C=O) groups is 3. The standard InChI is InChI=1S/C33H34N6O5/c34-15-21-11-24(23-6-9-43-10-7-23)13-26(12-21)39-18-22(16-35-39)17-37-8-5-28(20-37)44-27-1-2-29-25(14-27)19-38(33(29)42)30-3-4-31(40)36-32(30)41/h1-2,11-14,16,18,23,28,30H,3-10,17,19-20H2,(H,36,40,41)/t28-,30?/m0/s1. The van der Waals surface area contributed by atoms with Crippen LogP contribution in [0.5, 0.6) is 5.75 Å². The Balaban J connectivity index is 0.966. The maximum Gasteiger partial charge on any atom is 0.255 e. The summed E-state index contributed by atoms with van der Waals surface area (Å²) in [6.45, 7) is 4.22. The van der Waals surface area contributed by atoms with Crippen molar-refractivity contribution in [2.24, 2.45) is 0 Å². The maximum absolute atomic E-state index is 13.0. The van der Waals surface area contributed by atoms with Crippen molar-refractivity contribution in [3.8, 4) is 17.5 Å². The number of fused-ring (bicyclic) bond motifs is 1. The van der Waals surface area contributed by atoms with Crippen molar-refractivity contribution in [3.05, 3.63) is 76.6 Å². The lowest BCUT2D eigenvalue weighted by Crippen LogP contribution is -2.52. The van der Waals surface area contributed by atoms with Crippen LogP contribution >= 0.6 is 0 Å². The number of hydrogen-bond donors (Lipinski definition) is 1. The molecule has 2 atom stereocenters. The van der Waals surface area contributed by atoms with Crippen LogP contribution in [0.2, 0.25) is 0 Å². The molecule has 11 heteroatoms. The molecular weight excluding hydrogens is 560 g/mol. The second-order valence-electron chi connectivity index (χ2n) is 12.1. The van der Waals surface area contributed by atoms with Crippen molar-refractivity contribution in [2.75, 3.05) is 26.3 Å². The van der Waals surface area contributed by atoms with Gasteiger partial charge in [0.05, 0.1) is 23.5 Å². The Bertz CT molecular complexity index is 1650. The minimum atomic E-state index is -0.631. The fourth-order valence-corrected chi connectivity index (χ4v) is 6.79. The highest BCUT2D eigenvalue weighted by atomic mass is 16.5. The van der Waals surface area contributed by atoms with Gasteiger partial charge in [0.25, 0.3) is 5.91 Å². The van der Waals surface area contributed by atoms with Gasteiger partial charge < -0.3 is 14.4 Å². The molecule has 2 aromatic carbocycles. The Morgan fingerprint density at radius 3 is 2.75 bits per heavy atom. The van der Waals surface area contributed by atoms with E-state index in [2.05, 4.69) is 27.5 Å². The van der Waals surface area contributed by atoms with E-state index >= 15 is 0 Å². The van der Waals surface area contributed by atoms with E-state index < -0.39 is 11.9 Å². The molecule has 7 rings (SSSR count). The maximum atomic E-state index is 13.0. The molecule has 0 radical (unpaired) electrons. The first-order valence-electron chi connectivity index (χ1n) is 15.3. The lowest BCUT2D eigenvalue weighted by Gasteiger charge is -2.29. The Morgan fingerprint density at radius 1 is 1.07 bits per heavy atom. The molecule has 3 saturated heterocycles. The average Bonchev–Trinajstić information content (AvgIpc) is 3.77. The fraction of sp³-hybridized carbons (Fsp3) is 0.424. The first-order chi connectivity index (χ1) is 21.4.